The Hall–Kier alpha value is -2.63. The van der Waals surface area contributed by atoms with Crippen LogP contribution >= 0.6 is 0 Å². The lowest BCUT2D eigenvalue weighted by Crippen LogP contribution is -2.30. The summed E-state index contributed by atoms with van der Waals surface area (Å²) in [6.07, 6.45) is 85.8. The van der Waals surface area contributed by atoms with Crippen LogP contribution in [0, 0.1) is 0 Å². The highest BCUT2D eigenvalue weighted by molar-refractivity contribution is 5.71. The molecule has 0 aliphatic heterocycles. The Balaban J connectivity index is 4.09. The summed E-state index contributed by atoms with van der Waals surface area (Å²) in [5.74, 6) is -0.834. The van der Waals surface area contributed by atoms with Gasteiger partial charge in [-0.1, -0.05) is 352 Å². The van der Waals surface area contributed by atoms with E-state index in [1.807, 2.05) is 0 Å². The number of esters is 3. The van der Waals surface area contributed by atoms with Gasteiger partial charge in [-0.3, -0.25) is 14.4 Å². The standard InChI is InChI=1S/C73H134O6/c1-4-7-10-13-16-19-22-25-28-29-30-31-32-33-34-35-36-37-38-39-40-41-42-43-44-45-46-49-51-54-57-60-63-66-72(75)78-69-70(79-73(76)67-64-61-58-55-52-48-27-24-21-18-15-12-9-6-3)68-77-71(74)65-62-59-56-53-50-47-26-23-20-17-14-11-8-5-2/h7,10,16,19,25,28,30-31,70H,4-6,8-9,11-15,17-18,20-24,26-27,29,32-69H2,1-3H3/b10-7-,19-16-,28-25-,31-30-. The van der Waals surface area contributed by atoms with Gasteiger partial charge in [-0.15, -0.1) is 0 Å². The fourth-order valence-corrected chi connectivity index (χ4v) is 10.6. The highest BCUT2D eigenvalue weighted by Crippen LogP contribution is 2.19. The topological polar surface area (TPSA) is 78.9 Å². The monoisotopic (exact) mass is 1110 g/mol. The summed E-state index contributed by atoms with van der Waals surface area (Å²) in [4.78, 5) is 38.3. The Morgan fingerprint density at radius 2 is 0.494 bits per heavy atom. The van der Waals surface area contributed by atoms with Crippen molar-refractivity contribution in [3.63, 3.8) is 0 Å². The van der Waals surface area contributed by atoms with Crippen molar-refractivity contribution < 1.29 is 28.6 Å². The van der Waals surface area contributed by atoms with E-state index >= 15 is 0 Å². The molecule has 0 saturated carbocycles. The number of carbonyl (C=O) groups is 3. The Kier molecular flexibility index (Phi) is 65.6. The predicted molar refractivity (Wildman–Crippen MR) is 344 cm³/mol. The molecule has 6 nitrogen and oxygen atoms in total. The average molecular weight is 1110 g/mol. The second-order valence-corrected chi connectivity index (χ2v) is 23.8. The summed E-state index contributed by atoms with van der Waals surface area (Å²) in [7, 11) is 0. The largest absolute Gasteiger partial charge is 0.462 e. The van der Waals surface area contributed by atoms with Crippen molar-refractivity contribution >= 4 is 17.9 Å². The van der Waals surface area contributed by atoms with Crippen molar-refractivity contribution in [2.45, 2.75) is 386 Å². The highest BCUT2D eigenvalue weighted by Gasteiger charge is 2.19. The Morgan fingerprint density at radius 1 is 0.266 bits per heavy atom. The molecule has 1 atom stereocenters. The van der Waals surface area contributed by atoms with E-state index in [9.17, 15) is 14.4 Å². The molecule has 79 heavy (non-hydrogen) atoms. The second kappa shape index (κ2) is 67.9. The van der Waals surface area contributed by atoms with Crippen molar-refractivity contribution in [3.8, 4) is 0 Å². The van der Waals surface area contributed by atoms with Crippen molar-refractivity contribution in [1.29, 1.82) is 0 Å². The van der Waals surface area contributed by atoms with Crippen LogP contribution < -0.4 is 0 Å². The lowest BCUT2D eigenvalue weighted by molar-refractivity contribution is -0.167. The number of hydrogen-bond acceptors (Lipinski definition) is 6. The third-order valence-electron chi connectivity index (χ3n) is 15.8. The van der Waals surface area contributed by atoms with Gasteiger partial charge in [0.15, 0.2) is 6.10 Å². The normalized spacial score (nSPS) is 12.3. The fourth-order valence-electron chi connectivity index (χ4n) is 10.6. The maximum atomic E-state index is 12.9. The first-order chi connectivity index (χ1) is 39.0. The number of allylic oxidation sites excluding steroid dienone is 8. The molecule has 0 saturated heterocycles. The van der Waals surface area contributed by atoms with Crippen molar-refractivity contribution in [1.82, 2.24) is 0 Å². The minimum atomic E-state index is -0.767. The van der Waals surface area contributed by atoms with Crippen LogP contribution in [0.2, 0.25) is 0 Å². The summed E-state index contributed by atoms with van der Waals surface area (Å²) >= 11 is 0. The first-order valence-electron chi connectivity index (χ1n) is 35.1. The van der Waals surface area contributed by atoms with Crippen LogP contribution in [0.1, 0.15) is 380 Å². The molecular formula is C73H134O6. The number of ether oxygens (including phenoxy) is 3. The molecule has 0 heterocycles. The molecule has 0 N–H and O–H groups in total. The SMILES string of the molecule is CC/C=C\C/C=C\C/C=C\C/C=C\CCCCCCCCCCCCCCCCCCCCCCC(=O)OCC(COC(=O)CCCCCCCCCCCCCCCC)OC(=O)CCCCCCCCCCCCCCCC. The molecule has 0 amide bonds. The van der Waals surface area contributed by atoms with Crippen molar-refractivity contribution in [2.24, 2.45) is 0 Å². The second-order valence-electron chi connectivity index (χ2n) is 23.8. The molecule has 1 unspecified atom stereocenters. The summed E-state index contributed by atoms with van der Waals surface area (Å²) in [5, 5.41) is 0. The molecule has 0 aromatic rings. The van der Waals surface area contributed by atoms with Gasteiger partial charge in [0.25, 0.3) is 0 Å². The van der Waals surface area contributed by atoms with Crippen LogP contribution in [0.25, 0.3) is 0 Å². The van der Waals surface area contributed by atoms with Gasteiger partial charge in [0.2, 0.25) is 0 Å². The highest BCUT2D eigenvalue weighted by atomic mass is 16.6. The quantitative estimate of drug-likeness (QED) is 0.0261. The molecule has 462 valence electrons. The molecule has 0 rings (SSSR count). The van der Waals surface area contributed by atoms with Gasteiger partial charge in [0, 0.05) is 19.3 Å². The van der Waals surface area contributed by atoms with E-state index in [-0.39, 0.29) is 31.1 Å². The Bertz CT molecular complexity index is 1360. The molecular weight excluding hydrogens is 973 g/mol. The molecule has 0 fully saturated rings. The van der Waals surface area contributed by atoms with Gasteiger partial charge in [-0.2, -0.15) is 0 Å². The molecule has 0 aliphatic carbocycles. The third-order valence-corrected chi connectivity index (χ3v) is 15.8. The van der Waals surface area contributed by atoms with E-state index in [0.29, 0.717) is 19.3 Å². The van der Waals surface area contributed by atoms with Crippen molar-refractivity contribution in [3.05, 3.63) is 48.6 Å². The van der Waals surface area contributed by atoms with E-state index in [1.165, 1.54) is 257 Å². The Labute approximate surface area is 492 Å². The number of carbonyl (C=O) groups excluding carboxylic acids is 3. The van der Waals surface area contributed by atoms with E-state index in [0.717, 1.165) is 83.5 Å². The molecule has 0 radical (unpaired) electrons. The van der Waals surface area contributed by atoms with Crippen molar-refractivity contribution in [2.75, 3.05) is 13.2 Å². The molecule has 0 aromatic heterocycles. The molecule has 0 bridgehead atoms. The zero-order valence-electron chi connectivity index (χ0n) is 53.2. The van der Waals surface area contributed by atoms with E-state index in [1.54, 1.807) is 0 Å². The Morgan fingerprint density at radius 3 is 0.772 bits per heavy atom. The fraction of sp³-hybridized carbons (Fsp3) is 0.849. The van der Waals surface area contributed by atoms with Gasteiger partial charge < -0.3 is 14.2 Å². The number of rotatable bonds is 65. The van der Waals surface area contributed by atoms with Crippen LogP contribution in [-0.2, 0) is 28.6 Å². The van der Waals surface area contributed by atoms with Gasteiger partial charge in [0.1, 0.15) is 13.2 Å². The zero-order chi connectivity index (χ0) is 57.1. The van der Waals surface area contributed by atoms with Crippen LogP contribution in [0.4, 0.5) is 0 Å². The maximum absolute atomic E-state index is 12.9. The minimum Gasteiger partial charge on any atom is -0.462 e. The van der Waals surface area contributed by atoms with Gasteiger partial charge >= 0.3 is 17.9 Å². The van der Waals surface area contributed by atoms with Gasteiger partial charge in [-0.05, 0) is 57.8 Å². The first kappa shape index (κ1) is 76.4. The summed E-state index contributed by atoms with van der Waals surface area (Å²) in [6.45, 7) is 6.59. The lowest BCUT2D eigenvalue weighted by atomic mass is 10.0. The van der Waals surface area contributed by atoms with Crippen LogP contribution in [-0.4, -0.2) is 37.2 Å². The van der Waals surface area contributed by atoms with Crippen LogP contribution in [0.5, 0.6) is 0 Å². The third kappa shape index (κ3) is 66.1. The minimum absolute atomic E-state index is 0.0644. The van der Waals surface area contributed by atoms with E-state index < -0.39 is 6.10 Å². The smallest absolute Gasteiger partial charge is 0.306 e. The first-order valence-corrected chi connectivity index (χ1v) is 35.1. The molecule has 0 aliphatic rings. The number of unbranched alkanes of at least 4 members (excludes halogenated alkanes) is 46. The van der Waals surface area contributed by atoms with Crippen LogP contribution in [0.15, 0.2) is 48.6 Å². The lowest BCUT2D eigenvalue weighted by Gasteiger charge is -2.18. The van der Waals surface area contributed by atoms with Crippen LogP contribution in [0.3, 0.4) is 0 Å². The zero-order valence-corrected chi connectivity index (χ0v) is 53.2. The molecule has 6 heteroatoms. The number of hydrogen-bond donors (Lipinski definition) is 0. The average Bonchev–Trinajstić information content (AvgIpc) is 3.45. The molecule has 0 spiro atoms. The predicted octanol–water partition coefficient (Wildman–Crippen LogP) is 24.1. The van der Waals surface area contributed by atoms with E-state index in [4.69, 9.17) is 14.2 Å². The summed E-state index contributed by atoms with van der Waals surface area (Å²) < 4.78 is 17.0. The summed E-state index contributed by atoms with van der Waals surface area (Å²) in [5.41, 5.74) is 0. The summed E-state index contributed by atoms with van der Waals surface area (Å²) in [6, 6.07) is 0. The molecule has 0 aromatic carbocycles. The maximum Gasteiger partial charge on any atom is 0.306 e. The van der Waals surface area contributed by atoms with E-state index in [2.05, 4.69) is 69.4 Å². The van der Waals surface area contributed by atoms with Gasteiger partial charge in [-0.25, -0.2) is 0 Å². The van der Waals surface area contributed by atoms with Gasteiger partial charge in [0.05, 0.1) is 0 Å².